The normalized spacial score (nSPS) is 10.9. The van der Waals surface area contributed by atoms with Gasteiger partial charge in [-0.15, -0.1) is 0 Å². The van der Waals surface area contributed by atoms with Crippen molar-refractivity contribution >= 4 is 16.6 Å². The molecule has 2 rings (SSSR count). The van der Waals surface area contributed by atoms with Gasteiger partial charge in [0.15, 0.2) is 0 Å². The van der Waals surface area contributed by atoms with Crippen LogP contribution >= 0.6 is 0 Å². The topological polar surface area (TPSA) is 24.9 Å². The lowest BCUT2D eigenvalue weighted by Crippen LogP contribution is -2.04. The first-order valence-corrected chi connectivity index (χ1v) is 5.84. The lowest BCUT2D eigenvalue weighted by atomic mass is 10.1. The zero-order valence-corrected chi connectivity index (χ0v) is 9.90. The maximum atomic E-state index is 4.42. The molecule has 0 unspecified atom stereocenters. The molecule has 0 fully saturated rings. The molecule has 1 aromatic heterocycles. The molecule has 84 valence electrons. The van der Waals surface area contributed by atoms with Crippen LogP contribution in [-0.4, -0.2) is 11.5 Å². The fourth-order valence-electron chi connectivity index (χ4n) is 1.67. The first kappa shape index (κ1) is 10.9. The molecule has 0 saturated heterocycles. The average Bonchev–Trinajstić information content (AvgIpc) is 2.28. The molecule has 0 aliphatic rings. The van der Waals surface area contributed by atoms with E-state index in [1.165, 1.54) is 11.8 Å². The molecule has 16 heavy (non-hydrogen) atoms. The summed E-state index contributed by atoms with van der Waals surface area (Å²) in [4.78, 5) is 4.42. The molecule has 0 spiro atoms. The van der Waals surface area contributed by atoms with E-state index in [9.17, 15) is 0 Å². The van der Waals surface area contributed by atoms with E-state index >= 15 is 0 Å². The van der Waals surface area contributed by atoms with Crippen molar-refractivity contribution in [2.24, 2.45) is 5.92 Å². The number of hydrogen-bond donors (Lipinski definition) is 1. The molecule has 0 bridgehead atoms. The Hall–Kier alpha value is -1.57. The highest BCUT2D eigenvalue weighted by molar-refractivity contribution is 5.81. The molecule has 0 aliphatic carbocycles. The zero-order chi connectivity index (χ0) is 11.4. The van der Waals surface area contributed by atoms with Crippen LogP contribution in [0.4, 0.5) is 5.69 Å². The molecular weight excluding hydrogens is 196 g/mol. The quantitative estimate of drug-likeness (QED) is 0.839. The van der Waals surface area contributed by atoms with Crippen molar-refractivity contribution in [1.29, 1.82) is 0 Å². The van der Waals surface area contributed by atoms with Crippen molar-refractivity contribution in [3.05, 3.63) is 36.5 Å². The summed E-state index contributed by atoms with van der Waals surface area (Å²) in [6.07, 6.45) is 3.09. The SMILES string of the molecule is CC(C)CCNc1cnc2ccccc2c1. The highest BCUT2D eigenvalue weighted by Gasteiger charge is 1.97. The number of anilines is 1. The van der Waals surface area contributed by atoms with E-state index in [2.05, 4.69) is 36.3 Å². The van der Waals surface area contributed by atoms with Crippen LogP contribution < -0.4 is 5.32 Å². The van der Waals surface area contributed by atoms with Gasteiger partial charge in [-0.3, -0.25) is 4.98 Å². The molecule has 0 radical (unpaired) electrons. The Morgan fingerprint density at radius 3 is 2.88 bits per heavy atom. The van der Waals surface area contributed by atoms with Crippen LogP contribution in [-0.2, 0) is 0 Å². The third kappa shape index (κ3) is 2.72. The van der Waals surface area contributed by atoms with Crippen molar-refractivity contribution < 1.29 is 0 Å². The summed E-state index contributed by atoms with van der Waals surface area (Å²) >= 11 is 0. The van der Waals surface area contributed by atoms with E-state index in [0.717, 1.165) is 23.7 Å². The number of nitrogens with one attached hydrogen (secondary N) is 1. The molecule has 0 amide bonds. The van der Waals surface area contributed by atoms with E-state index in [1.807, 2.05) is 24.4 Å². The summed E-state index contributed by atoms with van der Waals surface area (Å²) in [6.45, 7) is 5.48. The van der Waals surface area contributed by atoms with Gasteiger partial charge in [0.1, 0.15) is 0 Å². The van der Waals surface area contributed by atoms with Gasteiger partial charge >= 0.3 is 0 Å². The summed E-state index contributed by atoms with van der Waals surface area (Å²) in [5.41, 5.74) is 2.16. The molecule has 1 heterocycles. The number of hydrogen-bond acceptors (Lipinski definition) is 2. The second-order valence-electron chi connectivity index (χ2n) is 4.53. The van der Waals surface area contributed by atoms with Gasteiger partial charge < -0.3 is 5.32 Å². The van der Waals surface area contributed by atoms with Crippen LogP contribution in [0.25, 0.3) is 10.9 Å². The van der Waals surface area contributed by atoms with Crippen molar-refractivity contribution in [2.45, 2.75) is 20.3 Å². The minimum Gasteiger partial charge on any atom is -0.384 e. The predicted octanol–water partition coefficient (Wildman–Crippen LogP) is 3.69. The summed E-state index contributed by atoms with van der Waals surface area (Å²) in [5.74, 6) is 0.737. The van der Waals surface area contributed by atoms with Crippen molar-refractivity contribution in [1.82, 2.24) is 4.98 Å². The first-order chi connectivity index (χ1) is 7.75. The van der Waals surface area contributed by atoms with E-state index in [1.54, 1.807) is 0 Å². The first-order valence-electron chi connectivity index (χ1n) is 5.84. The number of benzene rings is 1. The molecule has 1 N–H and O–H groups in total. The monoisotopic (exact) mass is 214 g/mol. The predicted molar refractivity (Wildman–Crippen MR) is 69.7 cm³/mol. The van der Waals surface area contributed by atoms with Gasteiger partial charge in [-0.25, -0.2) is 0 Å². The molecule has 0 saturated carbocycles. The van der Waals surface area contributed by atoms with E-state index in [-0.39, 0.29) is 0 Å². The summed E-state index contributed by atoms with van der Waals surface area (Å²) < 4.78 is 0. The minimum atomic E-state index is 0.737. The Labute approximate surface area is 96.7 Å². The van der Waals surface area contributed by atoms with Gasteiger partial charge in [-0.1, -0.05) is 32.0 Å². The molecule has 2 heteroatoms. The molecule has 1 aromatic carbocycles. The van der Waals surface area contributed by atoms with Gasteiger partial charge in [0.2, 0.25) is 0 Å². The van der Waals surface area contributed by atoms with Gasteiger partial charge in [0.25, 0.3) is 0 Å². The minimum absolute atomic E-state index is 0.737. The van der Waals surface area contributed by atoms with Crippen molar-refractivity contribution in [2.75, 3.05) is 11.9 Å². The summed E-state index contributed by atoms with van der Waals surface area (Å²) in [7, 11) is 0. The number of rotatable bonds is 4. The summed E-state index contributed by atoms with van der Waals surface area (Å²) in [6, 6.07) is 10.3. The second kappa shape index (κ2) is 4.97. The lowest BCUT2D eigenvalue weighted by molar-refractivity contribution is 0.607. The van der Waals surface area contributed by atoms with Crippen LogP contribution in [0.1, 0.15) is 20.3 Å². The van der Waals surface area contributed by atoms with E-state index in [4.69, 9.17) is 0 Å². The number of para-hydroxylation sites is 1. The molecular formula is C14H18N2. The highest BCUT2D eigenvalue weighted by Crippen LogP contribution is 2.16. The van der Waals surface area contributed by atoms with Gasteiger partial charge in [0.05, 0.1) is 17.4 Å². The van der Waals surface area contributed by atoms with E-state index in [0.29, 0.717) is 0 Å². The standard InChI is InChI=1S/C14H18N2/c1-11(2)7-8-15-13-9-12-5-3-4-6-14(12)16-10-13/h3-6,9-11,15H,7-8H2,1-2H3. The second-order valence-corrected chi connectivity index (χ2v) is 4.53. The van der Waals surface area contributed by atoms with Crippen LogP contribution in [0.3, 0.4) is 0 Å². The molecule has 0 aliphatic heterocycles. The summed E-state index contributed by atoms with van der Waals surface area (Å²) in [5, 5.41) is 4.60. The van der Waals surface area contributed by atoms with Gasteiger partial charge in [-0.05, 0) is 24.5 Å². The Kier molecular flexibility index (Phi) is 3.40. The van der Waals surface area contributed by atoms with Gasteiger partial charge in [0, 0.05) is 11.9 Å². The largest absolute Gasteiger partial charge is 0.384 e. The Balaban J connectivity index is 2.08. The number of nitrogens with zero attached hydrogens (tertiary/aromatic N) is 1. The number of aromatic nitrogens is 1. The lowest BCUT2D eigenvalue weighted by Gasteiger charge is -2.08. The van der Waals surface area contributed by atoms with Crippen molar-refractivity contribution in [3.63, 3.8) is 0 Å². The van der Waals surface area contributed by atoms with Gasteiger partial charge in [-0.2, -0.15) is 0 Å². The van der Waals surface area contributed by atoms with E-state index < -0.39 is 0 Å². The maximum absolute atomic E-state index is 4.42. The molecule has 2 nitrogen and oxygen atoms in total. The van der Waals surface area contributed by atoms with Crippen LogP contribution in [0, 0.1) is 5.92 Å². The number of pyridine rings is 1. The zero-order valence-electron chi connectivity index (χ0n) is 9.90. The average molecular weight is 214 g/mol. The third-order valence-electron chi connectivity index (χ3n) is 2.64. The van der Waals surface area contributed by atoms with Crippen molar-refractivity contribution in [3.8, 4) is 0 Å². The van der Waals surface area contributed by atoms with Crippen LogP contribution in [0.2, 0.25) is 0 Å². The Morgan fingerprint density at radius 2 is 2.06 bits per heavy atom. The fraction of sp³-hybridized carbons (Fsp3) is 0.357. The van der Waals surface area contributed by atoms with Crippen LogP contribution in [0.15, 0.2) is 36.5 Å². The fourth-order valence-corrected chi connectivity index (χ4v) is 1.67. The maximum Gasteiger partial charge on any atom is 0.0703 e. The highest BCUT2D eigenvalue weighted by atomic mass is 14.9. The number of fused-ring (bicyclic) bond motifs is 1. The molecule has 0 atom stereocenters. The Morgan fingerprint density at radius 1 is 1.25 bits per heavy atom. The van der Waals surface area contributed by atoms with Crippen LogP contribution in [0.5, 0.6) is 0 Å². The third-order valence-corrected chi connectivity index (χ3v) is 2.64. The Bertz CT molecular complexity index is 463. The molecule has 2 aromatic rings. The smallest absolute Gasteiger partial charge is 0.0703 e.